The zero-order chi connectivity index (χ0) is 34.1. The molecule has 219 valence electrons. The second-order valence-electron chi connectivity index (χ2n) is 11.4. The van der Waals surface area contributed by atoms with Crippen LogP contribution in [-0.2, 0) is 20.1 Å². The molecule has 0 unspecified atom stereocenters. The number of nitrogens with zero attached hydrogens (tertiary/aromatic N) is 2. The average Bonchev–Trinajstić information content (AvgIpc) is 3.10. The largest absolute Gasteiger partial charge is 0.305 e. The van der Waals surface area contributed by atoms with Gasteiger partial charge >= 0.3 is 146 Å². The molecule has 0 aliphatic carbocycles. The molecule has 0 atom stereocenters. The summed E-state index contributed by atoms with van der Waals surface area (Å²) in [4.78, 5) is 8.95. The van der Waals surface area contributed by atoms with Crippen molar-refractivity contribution in [3.05, 3.63) is 151 Å². The minimum atomic E-state index is -2.18. The third-order valence-electron chi connectivity index (χ3n) is 7.38. The van der Waals surface area contributed by atoms with Gasteiger partial charge in [-0.1, -0.05) is 59.3 Å². The van der Waals surface area contributed by atoms with Gasteiger partial charge in [0.05, 0.1) is 2.74 Å². The van der Waals surface area contributed by atoms with Crippen molar-refractivity contribution in [2.75, 3.05) is 0 Å². The summed E-state index contributed by atoms with van der Waals surface area (Å²) in [5.74, 6) is 7.00. The molecule has 0 bridgehead atoms. The SMILES string of the molecule is [2H]C([2H])([2H])c1c[c-]c(-c2cc[c]([Ge]([CH3])([CH3])[CH3])cn2)cc1-c1ccccc1.[2H]c1c([2H])c2ccccc2c2c[c-]c(-c3ccccn3)cc12.[Ir]. The summed E-state index contributed by atoms with van der Waals surface area (Å²) >= 11 is -1.91. The topological polar surface area (TPSA) is 25.8 Å². The van der Waals surface area contributed by atoms with Gasteiger partial charge in [-0.25, -0.2) is 0 Å². The number of hydrogen-bond acceptors (Lipinski definition) is 2. The summed E-state index contributed by atoms with van der Waals surface area (Å²) in [7, 11) is 0. The van der Waals surface area contributed by atoms with E-state index in [1.54, 1.807) is 12.3 Å². The molecule has 0 N–H and O–H groups in total. The maximum atomic E-state index is 8.31. The maximum Gasteiger partial charge on any atom is 0.0629 e. The molecule has 44 heavy (non-hydrogen) atoms. The summed E-state index contributed by atoms with van der Waals surface area (Å²) in [6, 6.07) is 41.4. The van der Waals surface area contributed by atoms with Crippen molar-refractivity contribution < 1.29 is 27.0 Å². The van der Waals surface area contributed by atoms with Crippen LogP contribution >= 0.6 is 0 Å². The molecule has 1 radical (unpaired) electrons. The van der Waals surface area contributed by atoms with Crippen molar-refractivity contribution in [3.8, 4) is 33.6 Å². The van der Waals surface area contributed by atoms with Crippen molar-refractivity contribution >= 4 is 39.2 Å². The Labute approximate surface area is 284 Å². The molecule has 2 aromatic heterocycles. The quantitative estimate of drug-likeness (QED) is 0.101. The molecule has 0 aliphatic rings. The van der Waals surface area contributed by atoms with Crippen LogP contribution in [0.15, 0.2) is 134 Å². The Bertz CT molecular complexity index is 2220. The van der Waals surface area contributed by atoms with E-state index in [-0.39, 0.29) is 32.2 Å². The molecular weight excluding hydrogens is 773 g/mol. The fraction of sp³-hybridized carbons (Fsp3) is 0.100. The van der Waals surface area contributed by atoms with Gasteiger partial charge in [-0.3, -0.25) is 0 Å². The van der Waals surface area contributed by atoms with E-state index in [2.05, 4.69) is 45.4 Å². The van der Waals surface area contributed by atoms with Gasteiger partial charge in [0.2, 0.25) is 0 Å². The Morgan fingerprint density at radius 3 is 2.11 bits per heavy atom. The maximum absolute atomic E-state index is 8.31. The molecular formula is C40H34GeIrN2-2. The molecule has 0 saturated heterocycles. The van der Waals surface area contributed by atoms with Crippen LogP contribution in [0.5, 0.6) is 0 Å². The van der Waals surface area contributed by atoms with E-state index in [1.165, 1.54) is 4.40 Å². The van der Waals surface area contributed by atoms with Gasteiger partial charge in [-0.15, -0.1) is 29.1 Å². The Hall–Kier alpha value is -3.89. The van der Waals surface area contributed by atoms with E-state index in [0.29, 0.717) is 11.1 Å². The summed E-state index contributed by atoms with van der Waals surface area (Å²) in [5, 5.41) is 3.51. The Balaban J connectivity index is 0.000000189. The minimum Gasteiger partial charge on any atom is -0.305 e. The van der Waals surface area contributed by atoms with E-state index in [4.69, 9.17) is 6.85 Å². The second-order valence-corrected chi connectivity index (χ2v) is 22.1. The molecule has 0 amide bonds. The average molecular weight is 813 g/mol. The third-order valence-corrected chi connectivity index (χ3v) is 11.6. The van der Waals surface area contributed by atoms with Crippen LogP contribution in [0.25, 0.3) is 55.2 Å². The van der Waals surface area contributed by atoms with Crippen molar-refractivity contribution in [2.45, 2.75) is 24.1 Å². The number of aromatic nitrogens is 2. The fourth-order valence-electron chi connectivity index (χ4n) is 4.94. The van der Waals surface area contributed by atoms with Crippen LogP contribution < -0.4 is 4.40 Å². The third kappa shape index (κ3) is 7.08. The predicted octanol–water partition coefficient (Wildman–Crippen LogP) is 9.92. The van der Waals surface area contributed by atoms with E-state index in [0.717, 1.165) is 49.6 Å². The van der Waals surface area contributed by atoms with E-state index >= 15 is 0 Å². The van der Waals surface area contributed by atoms with Gasteiger partial charge in [0.15, 0.2) is 0 Å². The van der Waals surface area contributed by atoms with Crippen LogP contribution in [0, 0.1) is 19.0 Å². The zero-order valence-corrected chi connectivity index (χ0v) is 29.3. The normalized spacial score (nSPS) is 12.9. The van der Waals surface area contributed by atoms with Crippen LogP contribution in [-0.4, -0.2) is 23.2 Å². The molecule has 2 heterocycles. The van der Waals surface area contributed by atoms with E-state index in [9.17, 15) is 0 Å². The van der Waals surface area contributed by atoms with Gasteiger partial charge in [0.1, 0.15) is 0 Å². The molecule has 5 aromatic carbocycles. The number of hydrogen-bond donors (Lipinski definition) is 0. The van der Waals surface area contributed by atoms with E-state index in [1.807, 2.05) is 103 Å². The van der Waals surface area contributed by atoms with Crippen molar-refractivity contribution in [1.82, 2.24) is 9.97 Å². The Kier molecular flexibility index (Phi) is 7.99. The first-order valence-corrected chi connectivity index (χ1v) is 21.6. The number of pyridine rings is 2. The first-order valence-electron chi connectivity index (χ1n) is 16.7. The number of fused-ring (bicyclic) bond motifs is 3. The molecule has 7 rings (SSSR count). The first-order chi connectivity index (χ1) is 22.9. The number of rotatable bonds is 4. The molecule has 4 heteroatoms. The standard InChI is InChI=1S/C21H22GeN.C19H12N.Ir/c1-16-10-11-18(14-20(16)17-8-6-5-7-9-17)21-13-12-19(15-23-21)22(2,3)4;1-2-6-17-14(5-1)8-9-15-13-16(10-11-18(15)17)19-7-3-4-12-20-19;/h5-10,12-15H,1-4H3;1-9,11-13H;/q2*-1;/i1D3;8D,9D;. The smallest absolute Gasteiger partial charge is 0.0629 e. The minimum absolute atomic E-state index is 0. The van der Waals surface area contributed by atoms with E-state index < -0.39 is 20.1 Å². The van der Waals surface area contributed by atoms with Crippen molar-refractivity contribution in [3.63, 3.8) is 0 Å². The van der Waals surface area contributed by atoms with Gasteiger partial charge in [-0.05, 0) is 17.1 Å². The van der Waals surface area contributed by atoms with Crippen LogP contribution in [0.3, 0.4) is 0 Å². The molecule has 0 saturated carbocycles. The monoisotopic (exact) mass is 814 g/mol. The summed E-state index contributed by atoms with van der Waals surface area (Å²) in [5.41, 5.74) is 5.20. The fourth-order valence-corrected chi connectivity index (χ4v) is 7.11. The molecule has 0 spiro atoms. The van der Waals surface area contributed by atoms with Gasteiger partial charge < -0.3 is 4.98 Å². The summed E-state index contributed by atoms with van der Waals surface area (Å²) < 4.78 is 41.4. The summed E-state index contributed by atoms with van der Waals surface area (Å²) in [6.07, 6.45) is 3.70. The Morgan fingerprint density at radius 2 is 1.39 bits per heavy atom. The second kappa shape index (κ2) is 13.8. The van der Waals surface area contributed by atoms with Crippen molar-refractivity contribution in [1.29, 1.82) is 0 Å². The molecule has 7 aromatic rings. The molecule has 2 nitrogen and oxygen atoms in total. The number of benzene rings is 5. The van der Waals surface area contributed by atoms with Gasteiger partial charge in [-0.2, -0.15) is 0 Å². The Morgan fingerprint density at radius 1 is 0.682 bits per heavy atom. The first kappa shape index (κ1) is 25.4. The number of aryl methyl sites for hydroxylation is 1. The predicted molar refractivity (Wildman–Crippen MR) is 185 cm³/mol. The van der Waals surface area contributed by atoms with Crippen LogP contribution in [0.4, 0.5) is 0 Å². The van der Waals surface area contributed by atoms with Gasteiger partial charge in [0.25, 0.3) is 0 Å². The molecule has 0 fully saturated rings. The van der Waals surface area contributed by atoms with Crippen molar-refractivity contribution in [2.24, 2.45) is 0 Å². The van der Waals surface area contributed by atoms with Gasteiger partial charge in [0, 0.05) is 26.3 Å². The summed E-state index contributed by atoms with van der Waals surface area (Å²) in [6.45, 7) is -2.18. The van der Waals surface area contributed by atoms with Crippen LogP contribution in [0.2, 0.25) is 17.3 Å². The van der Waals surface area contributed by atoms with Crippen LogP contribution in [0.1, 0.15) is 12.4 Å². The molecule has 0 aliphatic heterocycles. The zero-order valence-electron chi connectivity index (χ0n) is 29.8.